The van der Waals surface area contributed by atoms with Crippen LogP contribution in [0, 0.1) is 11.8 Å². The van der Waals surface area contributed by atoms with Crippen molar-refractivity contribution in [2.45, 2.75) is 102 Å². The van der Waals surface area contributed by atoms with Gasteiger partial charge in [0.2, 0.25) is 23.6 Å². The van der Waals surface area contributed by atoms with Crippen molar-refractivity contribution in [1.82, 2.24) is 50.8 Å². The van der Waals surface area contributed by atoms with Crippen LogP contribution in [0.4, 0.5) is 5.82 Å². The number of nitrogens with one attached hydrogen (secondary N) is 4. The van der Waals surface area contributed by atoms with Crippen LogP contribution in [-0.4, -0.2) is 184 Å². The maximum absolute atomic E-state index is 14.0. The normalized spacial score (nSPS) is 20.2. The van der Waals surface area contributed by atoms with Crippen molar-refractivity contribution in [3.05, 3.63) is 101 Å². The van der Waals surface area contributed by atoms with E-state index in [2.05, 4.69) is 67.2 Å². The van der Waals surface area contributed by atoms with Crippen LogP contribution in [0.2, 0.25) is 5.02 Å². The van der Waals surface area contributed by atoms with E-state index in [0.717, 1.165) is 147 Å². The lowest BCUT2D eigenvalue weighted by molar-refractivity contribution is -0.137. The molecular formula is C59H86ClN11O6. The summed E-state index contributed by atoms with van der Waals surface area (Å²) in [6, 6.07) is 14.8. The number of carbonyl (C=O) groups is 5. The Balaban J connectivity index is 0.000000257. The number of anilines is 1. The van der Waals surface area contributed by atoms with Crippen LogP contribution in [0.3, 0.4) is 0 Å². The van der Waals surface area contributed by atoms with Gasteiger partial charge in [0.1, 0.15) is 18.2 Å². The summed E-state index contributed by atoms with van der Waals surface area (Å²) in [5.41, 5.74) is 5.20. The first-order valence-corrected chi connectivity index (χ1v) is 28.9. The lowest BCUT2D eigenvalue weighted by Gasteiger charge is -2.39. The summed E-state index contributed by atoms with van der Waals surface area (Å²) in [7, 11) is 1.85. The predicted octanol–water partition coefficient (Wildman–Crippen LogP) is 5.44. The third kappa shape index (κ3) is 17.5. The van der Waals surface area contributed by atoms with E-state index >= 15 is 0 Å². The maximum Gasteiger partial charge on any atom is 0.251 e. The number of fused-ring (bicyclic) bond motifs is 1. The Hall–Kier alpha value is -5.46. The highest BCUT2D eigenvalue weighted by atomic mass is 35.5. The standard InChI is InChI=1S/C37H59N7O5.C20H23ClN4O.C2H4/c1-38-14-15-40-33(45)26-39-16-23-49-24-22-42-18-20-43(21-19-42)37(48)34(28-7-3-2-4-8-28)41-35(46)31-10-5-9-30(25-31)32-11-6-17-44(27-32)36(47)29-12-13-29;1-14-2-7-17-19(14)20(23-13-22-17)25-10-8-24(9-11-25)18(26)12-15-3-5-16(21)6-4-15;1-2/h5,9-10,25,28-29,32,34,38-39H,2-4,6-8,11-24,26-27H2,1H3,(H,40,45)(H,41,46);3-6,13-14H,2,7-12H2,1H3;1-2H2. The lowest BCUT2D eigenvalue weighted by atomic mass is 9.83. The number of piperidine rings is 1. The molecule has 5 fully saturated rings. The molecule has 0 bridgehead atoms. The van der Waals surface area contributed by atoms with Gasteiger partial charge in [-0.05, 0) is 106 Å². The maximum atomic E-state index is 14.0. The van der Waals surface area contributed by atoms with Crippen LogP contribution in [0.15, 0.2) is 68.0 Å². The first kappa shape index (κ1) is 59.2. The van der Waals surface area contributed by atoms with Gasteiger partial charge >= 0.3 is 0 Å². The molecule has 2 saturated carbocycles. The highest BCUT2D eigenvalue weighted by molar-refractivity contribution is 6.30. The summed E-state index contributed by atoms with van der Waals surface area (Å²) in [4.78, 5) is 84.4. The number of carbonyl (C=O) groups excluding carboxylic acids is 5. The zero-order valence-corrected chi connectivity index (χ0v) is 46.7. The predicted molar refractivity (Wildman–Crippen MR) is 303 cm³/mol. The van der Waals surface area contributed by atoms with Crippen molar-refractivity contribution < 1.29 is 28.7 Å². The number of amides is 5. The topological polar surface area (TPSA) is 185 Å². The molecule has 0 spiro atoms. The van der Waals surface area contributed by atoms with Crippen LogP contribution in [0.5, 0.6) is 0 Å². The second-order valence-corrected chi connectivity index (χ2v) is 21.9. The molecule has 1 aromatic heterocycles. The van der Waals surface area contributed by atoms with Gasteiger partial charge in [-0.15, -0.1) is 13.2 Å². The zero-order valence-electron chi connectivity index (χ0n) is 46.0. The molecule has 3 aliphatic carbocycles. The van der Waals surface area contributed by atoms with Crippen LogP contribution in [-0.2, 0) is 36.8 Å². The van der Waals surface area contributed by atoms with Crippen LogP contribution in [0.25, 0.3) is 0 Å². The van der Waals surface area contributed by atoms with Gasteiger partial charge in [-0.1, -0.05) is 62.1 Å². The smallest absolute Gasteiger partial charge is 0.251 e. The first-order valence-electron chi connectivity index (χ1n) is 28.6. The molecule has 17 nitrogen and oxygen atoms in total. The molecular weight excluding hydrogens is 994 g/mol. The number of ether oxygens (including phenoxy) is 1. The Morgan fingerprint density at radius 3 is 2.25 bits per heavy atom. The Bertz CT molecular complexity index is 2370. The van der Waals surface area contributed by atoms with Crippen LogP contribution >= 0.6 is 11.6 Å². The SMILES string of the molecule is C=C.CC1CCc2ncnc(N3CCN(C(=O)Cc4ccc(Cl)cc4)CC3)c21.CNCCNC(=O)CNCCOCCN1CCN(C(=O)C(NC(=O)c2cccc(C3CCCN(C(=O)C4CC4)C3)c2)C2CCCCC2)CC1. The number of rotatable bonds is 20. The molecule has 3 saturated heterocycles. The minimum Gasteiger partial charge on any atom is -0.379 e. The van der Waals surface area contributed by atoms with Gasteiger partial charge in [-0.25, -0.2) is 9.97 Å². The molecule has 3 aliphatic heterocycles. The minimum absolute atomic E-state index is 0.0214. The summed E-state index contributed by atoms with van der Waals surface area (Å²) in [5.74, 6) is 2.49. The third-order valence-electron chi connectivity index (χ3n) is 16.0. The Labute approximate surface area is 462 Å². The number of likely N-dealkylation sites (N-methyl/N-ethyl adjacent to an activating group) is 1. The van der Waals surface area contributed by atoms with Gasteiger partial charge in [0, 0.05) is 125 Å². The van der Waals surface area contributed by atoms with Crippen molar-refractivity contribution in [1.29, 1.82) is 0 Å². The average molecular weight is 1080 g/mol. The monoisotopic (exact) mass is 1080 g/mol. The quantitative estimate of drug-likeness (QED) is 0.0832. The number of aryl methyl sites for hydroxylation is 1. The number of benzene rings is 2. The summed E-state index contributed by atoms with van der Waals surface area (Å²) in [6.07, 6.45) is 13.6. The number of likely N-dealkylation sites (tertiary alicyclic amines) is 1. The summed E-state index contributed by atoms with van der Waals surface area (Å²) in [5, 5.41) is 12.8. The van der Waals surface area contributed by atoms with Crippen molar-refractivity contribution in [3.63, 3.8) is 0 Å². The highest BCUT2D eigenvalue weighted by Crippen LogP contribution is 2.38. The second kappa shape index (κ2) is 30.6. The van der Waals surface area contributed by atoms with Gasteiger partial charge in [0.15, 0.2) is 0 Å². The largest absolute Gasteiger partial charge is 0.379 e. The molecule has 4 N–H and O–H groups in total. The van der Waals surface area contributed by atoms with E-state index < -0.39 is 6.04 Å². The van der Waals surface area contributed by atoms with Crippen LogP contribution < -0.4 is 26.2 Å². The number of halogens is 1. The van der Waals surface area contributed by atoms with Gasteiger partial charge < -0.3 is 45.6 Å². The molecule has 9 rings (SSSR count). The first-order chi connectivity index (χ1) is 37.5. The number of nitrogens with zero attached hydrogens (tertiary/aromatic N) is 7. The van der Waals surface area contributed by atoms with Crippen molar-refractivity contribution in [2.75, 3.05) is 123 Å². The Kier molecular flexibility index (Phi) is 23.5. The van der Waals surface area contributed by atoms with E-state index in [0.29, 0.717) is 68.2 Å². The summed E-state index contributed by atoms with van der Waals surface area (Å²) < 4.78 is 5.78. The molecule has 3 unspecified atom stereocenters. The lowest BCUT2D eigenvalue weighted by Crippen LogP contribution is -2.57. The number of hydrogen-bond acceptors (Lipinski definition) is 12. The molecule has 420 valence electrons. The number of hydrogen-bond donors (Lipinski definition) is 4. The van der Waals surface area contributed by atoms with Crippen molar-refractivity contribution >= 4 is 47.0 Å². The van der Waals surface area contributed by atoms with E-state index in [4.69, 9.17) is 16.3 Å². The van der Waals surface area contributed by atoms with E-state index in [1.54, 1.807) is 6.33 Å². The molecule has 3 aromatic rings. The van der Waals surface area contributed by atoms with Gasteiger partial charge in [-0.3, -0.25) is 28.9 Å². The molecule has 5 amide bonds. The molecule has 3 atom stereocenters. The number of aromatic nitrogens is 2. The fourth-order valence-corrected chi connectivity index (χ4v) is 11.5. The van der Waals surface area contributed by atoms with Gasteiger partial charge in [0.25, 0.3) is 5.91 Å². The summed E-state index contributed by atoms with van der Waals surface area (Å²) in [6.45, 7) is 19.9. The summed E-state index contributed by atoms with van der Waals surface area (Å²) >= 11 is 5.91. The van der Waals surface area contributed by atoms with Crippen molar-refractivity contribution in [3.8, 4) is 0 Å². The Morgan fingerprint density at radius 1 is 0.779 bits per heavy atom. The molecule has 6 aliphatic rings. The zero-order chi connectivity index (χ0) is 54.5. The minimum atomic E-state index is -0.523. The third-order valence-corrected chi connectivity index (χ3v) is 16.3. The molecule has 18 heteroatoms. The molecule has 77 heavy (non-hydrogen) atoms. The van der Waals surface area contributed by atoms with E-state index in [1.165, 1.54) is 17.7 Å². The average Bonchev–Trinajstić information content (AvgIpc) is 4.27. The number of piperazine rings is 2. The van der Waals surface area contributed by atoms with E-state index in [1.807, 2.05) is 64.2 Å². The van der Waals surface area contributed by atoms with E-state index in [-0.39, 0.29) is 47.9 Å². The Morgan fingerprint density at radius 2 is 1.52 bits per heavy atom. The second-order valence-electron chi connectivity index (χ2n) is 21.5. The fraction of sp³-hybridized carbons (Fsp3) is 0.610. The fourth-order valence-electron chi connectivity index (χ4n) is 11.4. The van der Waals surface area contributed by atoms with Gasteiger partial charge in [-0.2, -0.15) is 0 Å². The highest BCUT2D eigenvalue weighted by Gasteiger charge is 2.38. The molecule has 2 aromatic carbocycles. The van der Waals surface area contributed by atoms with Crippen molar-refractivity contribution in [2.24, 2.45) is 11.8 Å². The van der Waals surface area contributed by atoms with Crippen LogP contribution in [0.1, 0.15) is 116 Å². The molecule has 0 radical (unpaired) electrons. The van der Waals surface area contributed by atoms with E-state index in [9.17, 15) is 24.0 Å². The van der Waals surface area contributed by atoms with Gasteiger partial charge in [0.05, 0.1) is 26.2 Å². The molecule has 4 heterocycles.